The van der Waals surface area contributed by atoms with E-state index >= 15 is 0 Å². The molecule has 1 N–H and O–H groups in total. The number of furan rings is 1. The molecule has 0 bridgehead atoms. The van der Waals surface area contributed by atoms with Crippen LogP contribution >= 0.6 is 11.6 Å². The maximum absolute atomic E-state index is 6.32. The fourth-order valence-corrected chi connectivity index (χ4v) is 3.01. The molecule has 3 aromatic rings. The molecule has 0 aromatic carbocycles. The smallest absolute Gasteiger partial charge is 0.229 e. The van der Waals surface area contributed by atoms with Gasteiger partial charge in [0.25, 0.3) is 0 Å². The highest BCUT2D eigenvalue weighted by atomic mass is 35.5. The van der Waals surface area contributed by atoms with Crippen molar-refractivity contribution in [1.29, 1.82) is 0 Å². The molecule has 1 atom stereocenters. The highest BCUT2D eigenvalue weighted by Crippen LogP contribution is 2.47. The minimum Gasteiger partial charge on any atom is -0.432 e. The van der Waals surface area contributed by atoms with Crippen LogP contribution < -0.4 is 5.32 Å². The van der Waals surface area contributed by atoms with Crippen LogP contribution in [0.3, 0.4) is 0 Å². The minimum absolute atomic E-state index is 0.303. The monoisotopic (exact) mass is 316 g/mol. The number of anilines is 1. The first-order valence-electron chi connectivity index (χ1n) is 7.35. The lowest BCUT2D eigenvalue weighted by molar-refractivity contribution is 0.626. The Morgan fingerprint density at radius 3 is 2.73 bits per heavy atom. The molecule has 1 aliphatic carbocycles. The number of halogens is 1. The van der Waals surface area contributed by atoms with Crippen LogP contribution in [-0.4, -0.2) is 21.0 Å². The predicted octanol–water partition coefficient (Wildman–Crippen LogP) is 4.25. The average molecular weight is 317 g/mol. The summed E-state index contributed by atoms with van der Waals surface area (Å²) in [6, 6.07) is 0.415. The summed E-state index contributed by atoms with van der Waals surface area (Å²) < 4.78 is 5.94. The third-order valence-electron chi connectivity index (χ3n) is 4.57. The number of hydrogen-bond acceptors (Lipinski definition) is 5. The number of hydrogen-bond donors (Lipinski definition) is 1. The molecule has 0 spiro atoms. The van der Waals surface area contributed by atoms with E-state index in [4.69, 9.17) is 16.0 Å². The predicted molar refractivity (Wildman–Crippen MR) is 87.4 cm³/mol. The van der Waals surface area contributed by atoms with Gasteiger partial charge in [0.1, 0.15) is 11.8 Å². The lowest BCUT2D eigenvalue weighted by atomic mass is 10.1. The zero-order chi connectivity index (χ0) is 15.6. The van der Waals surface area contributed by atoms with Crippen LogP contribution in [0.5, 0.6) is 0 Å². The molecule has 6 heteroatoms. The van der Waals surface area contributed by atoms with E-state index < -0.39 is 0 Å². The normalized spacial score (nSPS) is 19.8. The highest BCUT2D eigenvalue weighted by Gasteiger charge is 2.46. The zero-order valence-electron chi connectivity index (χ0n) is 13.0. The molecule has 1 unspecified atom stereocenters. The Morgan fingerprint density at radius 2 is 2.05 bits per heavy atom. The second-order valence-electron chi connectivity index (χ2n) is 6.71. The highest BCUT2D eigenvalue weighted by molar-refractivity contribution is 6.33. The van der Waals surface area contributed by atoms with E-state index in [0.29, 0.717) is 27.8 Å². The number of pyridine rings is 1. The maximum atomic E-state index is 6.32. The first-order valence-corrected chi connectivity index (χ1v) is 7.73. The summed E-state index contributed by atoms with van der Waals surface area (Å²) in [5, 5.41) is 4.98. The molecule has 0 saturated heterocycles. The van der Waals surface area contributed by atoms with E-state index in [1.807, 2.05) is 13.8 Å². The van der Waals surface area contributed by atoms with Gasteiger partial charge >= 0.3 is 0 Å². The van der Waals surface area contributed by atoms with Gasteiger partial charge in [-0.3, -0.25) is 0 Å². The van der Waals surface area contributed by atoms with Crippen molar-refractivity contribution in [2.45, 2.75) is 40.2 Å². The van der Waals surface area contributed by atoms with Gasteiger partial charge in [-0.1, -0.05) is 25.4 Å². The van der Waals surface area contributed by atoms with E-state index in [-0.39, 0.29) is 0 Å². The first-order chi connectivity index (χ1) is 10.4. The van der Waals surface area contributed by atoms with E-state index in [9.17, 15) is 0 Å². The van der Waals surface area contributed by atoms with Crippen molar-refractivity contribution in [3.05, 3.63) is 22.6 Å². The summed E-state index contributed by atoms with van der Waals surface area (Å²) in [5.41, 5.74) is 3.98. The largest absolute Gasteiger partial charge is 0.432 e. The number of nitrogens with zero attached hydrogens (tertiary/aromatic N) is 3. The van der Waals surface area contributed by atoms with Crippen molar-refractivity contribution in [3.63, 3.8) is 0 Å². The SMILES string of the molecule is Cc1nc2oc3c(NC4CC4(C)C)ncnc3c2c(C)c1Cl. The van der Waals surface area contributed by atoms with Gasteiger partial charge in [-0.2, -0.15) is 0 Å². The Kier molecular flexibility index (Phi) is 2.70. The van der Waals surface area contributed by atoms with Gasteiger partial charge in [0.2, 0.25) is 5.71 Å². The topological polar surface area (TPSA) is 63.8 Å². The molecular weight excluding hydrogens is 300 g/mol. The van der Waals surface area contributed by atoms with Crippen molar-refractivity contribution in [1.82, 2.24) is 15.0 Å². The molecule has 22 heavy (non-hydrogen) atoms. The lowest BCUT2D eigenvalue weighted by Gasteiger charge is -2.06. The molecule has 4 rings (SSSR count). The number of aromatic nitrogens is 3. The summed E-state index contributed by atoms with van der Waals surface area (Å²) in [6.45, 7) is 8.31. The number of nitrogens with one attached hydrogen (secondary N) is 1. The van der Waals surface area contributed by atoms with E-state index in [1.165, 1.54) is 0 Å². The van der Waals surface area contributed by atoms with Crippen LogP contribution in [0.25, 0.3) is 22.2 Å². The van der Waals surface area contributed by atoms with Gasteiger partial charge in [0.05, 0.1) is 16.1 Å². The van der Waals surface area contributed by atoms with Gasteiger partial charge in [0, 0.05) is 6.04 Å². The van der Waals surface area contributed by atoms with Gasteiger partial charge in [0.15, 0.2) is 11.4 Å². The van der Waals surface area contributed by atoms with Crippen LogP contribution in [0.4, 0.5) is 5.82 Å². The fraction of sp³-hybridized carbons (Fsp3) is 0.438. The Bertz CT molecular complexity index is 916. The Hall–Kier alpha value is -1.88. The van der Waals surface area contributed by atoms with Crippen LogP contribution in [0.1, 0.15) is 31.5 Å². The summed E-state index contributed by atoms with van der Waals surface area (Å²) >= 11 is 6.32. The zero-order valence-corrected chi connectivity index (χ0v) is 13.7. The molecule has 1 saturated carbocycles. The maximum Gasteiger partial charge on any atom is 0.229 e. The molecule has 3 heterocycles. The molecule has 1 fully saturated rings. The summed E-state index contributed by atoms with van der Waals surface area (Å²) in [5.74, 6) is 0.728. The number of fused-ring (bicyclic) bond motifs is 3. The Labute approximate surface area is 133 Å². The quantitative estimate of drug-likeness (QED) is 0.765. The third-order valence-corrected chi connectivity index (χ3v) is 5.13. The van der Waals surface area contributed by atoms with Gasteiger partial charge < -0.3 is 9.73 Å². The van der Waals surface area contributed by atoms with E-state index in [1.54, 1.807) is 6.33 Å². The summed E-state index contributed by atoms with van der Waals surface area (Å²) in [4.78, 5) is 13.2. The standard InChI is InChI=1S/C16H17ClN4O/c1-7-10-12-13(22-15(10)20-8(2)11(7)17)14(19-6-18-12)21-9-5-16(9,3)4/h6,9H,5H2,1-4H3,(H,18,19,21). The van der Waals surface area contributed by atoms with E-state index in [0.717, 1.165) is 34.4 Å². The van der Waals surface area contributed by atoms with Crippen molar-refractivity contribution in [3.8, 4) is 0 Å². The fourth-order valence-electron chi connectivity index (χ4n) is 2.88. The number of aryl methyl sites for hydroxylation is 2. The van der Waals surface area contributed by atoms with Crippen molar-refractivity contribution < 1.29 is 4.42 Å². The summed E-state index contributed by atoms with van der Waals surface area (Å²) in [6.07, 6.45) is 2.68. The average Bonchev–Trinajstić information content (AvgIpc) is 2.90. The molecule has 0 radical (unpaired) electrons. The minimum atomic E-state index is 0.303. The Morgan fingerprint density at radius 1 is 1.32 bits per heavy atom. The second-order valence-corrected chi connectivity index (χ2v) is 7.09. The van der Waals surface area contributed by atoms with E-state index in [2.05, 4.69) is 34.1 Å². The Balaban J connectivity index is 1.94. The van der Waals surface area contributed by atoms with Gasteiger partial charge in [-0.15, -0.1) is 0 Å². The van der Waals surface area contributed by atoms with Crippen LogP contribution in [-0.2, 0) is 0 Å². The lowest BCUT2D eigenvalue weighted by Crippen LogP contribution is -2.09. The molecular formula is C16H17ClN4O. The summed E-state index contributed by atoms with van der Waals surface area (Å²) in [7, 11) is 0. The van der Waals surface area contributed by atoms with Crippen LogP contribution in [0.2, 0.25) is 5.02 Å². The molecule has 1 aliphatic rings. The third kappa shape index (κ3) is 1.88. The van der Waals surface area contributed by atoms with Crippen molar-refractivity contribution in [2.75, 3.05) is 5.32 Å². The first kappa shape index (κ1) is 13.8. The molecule has 0 aliphatic heterocycles. The van der Waals surface area contributed by atoms with Gasteiger partial charge in [-0.05, 0) is 31.2 Å². The molecule has 3 aromatic heterocycles. The van der Waals surface area contributed by atoms with Crippen LogP contribution in [0.15, 0.2) is 10.7 Å². The van der Waals surface area contributed by atoms with Crippen molar-refractivity contribution in [2.24, 2.45) is 5.41 Å². The number of rotatable bonds is 2. The molecule has 0 amide bonds. The van der Waals surface area contributed by atoms with Gasteiger partial charge in [-0.25, -0.2) is 15.0 Å². The van der Waals surface area contributed by atoms with Crippen LogP contribution in [0, 0.1) is 19.3 Å². The second kappa shape index (κ2) is 4.32. The molecule has 114 valence electrons. The molecule has 5 nitrogen and oxygen atoms in total. The van der Waals surface area contributed by atoms with Crippen molar-refractivity contribution >= 4 is 39.6 Å².